The van der Waals surface area contributed by atoms with Crippen LogP contribution in [0.4, 0.5) is 0 Å². The summed E-state index contributed by atoms with van der Waals surface area (Å²) in [5.74, 6) is -0.767. The van der Waals surface area contributed by atoms with Gasteiger partial charge in [0.1, 0.15) is 6.04 Å². The summed E-state index contributed by atoms with van der Waals surface area (Å²) >= 11 is 0. The van der Waals surface area contributed by atoms with Crippen molar-refractivity contribution >= 4 is 17.7 Å². The normalized spacial score (nSPS) is 28.7. The average molecular weight is 236 g/mol. The molecule has 0 aromatic heterocycles. The predicted octanol–water partition coefficient (Wildman–Crippen LogP) is 0.264. The average Bonchev–Trinajstić information content (AvgIpc) is 2.34. The van der Waals surface area contributed by atoms with Gasteiger partial charge in [0.15, 0.2) is 0 Å². The van der Waals surface area contributed by atoms with Gasteiger partial charge in [-0.3, -0.25) is 19.7 Å². The van der Waals surface area contributed by atoms with E-state index in [0.29, 0.717) is 12.8 Å². The Morgan fingerprint density at radius 1 is 1.29 bits per heavy atom. The molecule has 1 fully saturated rings. The molecule has 17 heavy (non-hydrogen) atoms. The molecule has 0 aromatic carbocycles. The summed E-state index contributed by atoms with van der Waals surface area (Å²) in [6, 6.07) is -0.550. The van der Waals surface area contributed by atoms with Crippen LogP contribution in [0.15, 0.2) is 12.2 Å². The minimum Gasteiger partial charge on any atom is -0.344 e. The molecule has 3 amide bonds. The zero-order valence-corrected chi connectivity index (χ0v) is 9.57. The highest BCUT2D eigenvalue weighted by atomic mass is 16.2. The Labute approximate surface area is 99.6 Å². The summed E-state index contributed by atoms with van der Waals surface area (Å²) in [4.78, 5) is 34.3. The van der Waals surface area contributed by atoms with Crippen molar-refractivity contribution in [3.05, 3.63) is 12.2 Å². The molecule has 2 rings (SSSR count). The van der Waals surface area contributed by atoms with Crippen LogP contribution in [0.3, 0.4) is 0 Å². The number of rotatable bonds is 2. The van der Waals surface area contributed by atoms with E-state index in [9.17, 15) is 14.4 Å². The van der Waals surface area contributed by atoms with Crippen molar-refractivity contribution in [2.24, 2.45) is 5.92 Å². The molecule has 0 bridgehead atoms. The number of piperidine rings is 1. The predicted molar refractivity (Wildman–Crippen MR) is 60.8 cm³/mol. The summed E-state index contributed by atoms with van der Waals surface area (Å²) in [7, 11) is 0. The van der Waals surface area contributed by atoms with Gasteiger partial charge in [-0.2, -0.15) is 0 Å². The molecule has 5 nitrogen and oxygen atoms in total. The lowest BCUT2D eigenvalue weighted by atomic mass is 9.93. The van der Waals surface area contributed by atoms with Crippen LogP contribution in [0.1, 0.15) is 32.1 Å². The van der Waals surface area contributed by atoms with E-state index in [4.69, 9.17) is 0 Å². The molecular weight excluding hydrogens is 220 g/mol. The first-order valence-electron chi connectivity index (χ1n) is 5.96. The van der Waals surface area contributed by atoms with Crippen molar-refractivity contribution in [2.75, 3.05) is 0 Å². The Morgan fingerprint density at radius 2 is 2.12 bits per heavy atom. The fourth-order valence-electron chi connectivity index (χ4n) is 2.15. The molecule has 92 valence electrons. The Bertz CT molecular complexity index is 376. The van der Waals surface area contributed by atoms with Gasteiger partial charge in [-0.05, 0) is 25.7 Å². The summed E-state index contributed by atoms with van der Waals surface area (Å²) in [5.41, 5.74) is 0. The van der Waals surface area contributed by atoms with Gasteiger partial charge in [0, 0.05) is 12.3 Å². The van der Waals surface area contributed by atoms with Crippen molar-refractivity contribution in [1.29, 1.82) is 0 Å². The third kappa shape index (κ3) is 2.93. The number of carbonyl (C=O) groups excluding carboxylic acids is 3. The van der Waals surface area contributed by atoms with Crippen LogP contribution >= 0.6 is 0 Å². The quantitative estimate of drug-likeness (QED) is 0.533. The first-order valence-corrected chi connectivity index (χ1v) is 5.96. The van der Waals surface area contributed by atoms with Crippen LogP contribution in [0.2, 0.25) is 0 Å². The minimum atomic E-state index is -0.550. The lowest BCUT2D eigenvalue weighted by Crippen LogP contribution is -2.53. The molecule has 1 aliphatic carbocycles. The zero-order chi connectivity index (χ0) is 12.3. The maximum Gasteiger partial charge on any atom is 0.249 e. The van der Waals surface area contributed by atoms with E-state index in [2.05, 4.69) is 16.7 Å². The van der Waals surface area contributed by atoms with E-state index in [-0.39, 0.29) is 23.6 Å². The Morgan fingerprint density at radius 3 is 2.76 bits per heavy atom. The molecule has 0 aromatic rings. The monoisotopic (exact) mass is 236 g/mol. The summed E-state index contributed by atoms with van der Waals surface area (Å²) in [6.45, 7) is 0. The number of allylic oxidation sites excluding steroid dienone is 2. The van der Waals surface area contributed by atoms with Gasteiger partial charge >= 0.3 is 0 Å². The van der Waals surface area contributed by atoms with Crippen molar-refractivity contribution in [3.8, 4) is 0 Å². The maximum atomic E-state index is 11.9. The minimum absolute atomic E-state index is 0.0366. The van der Waals surface area contributed by atoms with E-state index in [0.717, 1.165) is 19.3 Å². The summed E-state index contributed by atoms with van der Waals surface area (Å²) < 4.78 is 0. The van der Waals surface area contributed by atoms with Gasteiger partial charge in [0.25, 0.3) is 0 Å². The second-order valence-corrected chi connectivity index (χ2v) is 4.49. The van der Waals surface area contributed by atoms with Crippen molar-refractivity contribution in [1.82, 2.24) is 10.6 Å². The molecule has 0 spiro atoms. The number of hydrogen-bond acceptors (Lipinski definition) is 3. The zero-order valence-electron chi connectivity index (χ0n) is 9.57. The number of nitrogens with one attached hydrogen (secondary N) is 2. The lowest BCUT2D eigenvalue weighted by molar-refractivity contribution is -0.138. The molecule has 0 radical (unpaired) electrons. The van der Waals surface area contributed by atoms with Gasteiger partial charge in [-0.1, -0.05) is 12.2 Å². The van der Waals surface area contributed by atoms with Gasteiger partial charge in [0.05, 0.1) is 0 Å². The molecule has 2 N–H and O–H groups in total. The highest BCUT2D eigenvalue weighted by Crippen LogP contribution is 2.18. The smallest absolute Gasteiger partial charge is 0.249 e. The van der Waals surface area contributed by atoms with Crippen LogP contribution in [-0.4, -0.2) is 23.8 Å². The van der Waals surface area contributed by atoms with Crippen LogP contribution in [0.5, 0.6) is 0 Å². The fourth-order valence-corrected chi connectivity index (χ4v) is 2.15. The van der Waals surface area contributed by atoms with E-state index in [1.54, 1.807) is 0 Å². The van der Waals surface area contributed by atoms with E-state index < -0.39 is 6.04 Å². The lowest BCUT2D eigenvalue weighted by Gasteiger charge is -2.24. The van der Waals surface area contributed by atoms with Crippen LogP contribution < -0.4 is 10.6 Å². The second-order valence-electron chi connectivity index (χ2n) is 4.49. The number of imide groups is 1. The largest absolute Gasteiger partial charge is 0.344 e. The van der Waals surface area contributed by atoms with Crippen LogP contribution in [0.25, 0.3) is 0 Å². The first kappa shape index (κ1) is 11.8. The number of hydrogen-bond donors (Lipinski definition) is 2. The first-order chi connectivity index (χ1) is 8.16. The number of amides is 3. The van der Waals surface area contributed by atoms with Crippen LogP contribution in [-0.2, 0) is 14.4 Å². The molecule has 1 aliphatic heterocycles. The van der Waals surface area contributed by atoms with Gasteiger partial charge in [-0.15, -0.1) is 0 Å². The molecule has 2 aliphatic rings. The van der Waals surface area contributed by atoms with Gasteiger partial charge < -0.3 is 5.32 Å². The topological polar surface area (TPSA) is 75.3 Å². The maximum absolute atomic E-state index is 11.9. The SMILES string of the molecule is O=C1CC[C@H](NC(=O)[C@H]2CC=CCC2)C(=O)N1. The Balaban J connectivity index is 1.87. The highest BCUT2D eigenvalue weighted by Gasteiger charge is 2.29. The highest BCUT2D eigenvalue weighted by molar-refractivity contribution is 6.01. The molecule has 0 unspecified atom stereocenters. The van der Waals surface area contributed by atoms with E-state index in [1.807, 2.05) is 6.08 Å². The summed E-state index contributed by atoms with van der Waals surface area (Å²) in [5, 5.41) is 4.95. The van der Waals surface area contributed by atoms with Crippen LogP contribution in [0, 0.1) is 5.92 Å². The van der Waals surface area contributed by atoms with Crippen molar-refractivity contribution in [2.45, 2.75) is 38.1 Å². The van der Waals surface area contributed by atoms with Crippen molar-refractivity contribution < 1.29 is 14.4 Å². The molecule has 2 atom stereocenters. The standard InChI is InChI=1S/C12H16N2O3/c15-10-7-6-9(12(17)14-10)13-11(16)8-4-2-1-3-5-8/h1-2,8-9H,3-7H2,(H,13,16)(H,14,15,17)/t8-,9-/m0/s1. The third-order valence-electron chi connectivity index (χ3n) is 3.20. The molecular formula is C12H16N2O3. The Hall–Kier alpha value is -1.65. The molecule has 5 heteroatoms. The van der Waals surface area contributed by atoms with E-state index in [1.165, 1.54) is 0 Å². The molecule has 1 heterocycles. The fraction of sp³-hybridized carbons (Fsp3) is 0.583. The number of carbonyl (C=O) groups is 3. The van der Waals surface area contributed by atoms with Gasteiger partial charge in [-0.25, -0.2) is 0 Å². The molecule has 0 saturated carbocycles. The Kier molecular flexibility index (Phi) is 3.56. The second kappa shape index (κ2) is 5.12. The van der Waals surface area contributed by atoms with Gasteiger partial charge in [0.2, 0.25) is 17.7 Å². The van der Waals surface area contributed by atoms with Crippen molar-refractivity contribution in [3.63, 3.8) is 0 Å². The third-order valence-corrected chi connectivity index (χ3v) is 3.20. The van der Waals surface area contributed by atoms with E-state index >= 15 is 0 Å². The molecule has 1 saturated heterocycles. The summed E-state index contributed by atoms with van der Waals surface area (Å²) in [6.07, 6.45) is 7.23.